The van der Waals surface area contributed by atoms with Crippen LogP contribution in [0.25, 0.3) is 0 Å². The van der Waals surface area contributed by atoms with E-state index < -0.39 is 0 Å². The number of hydrogen-bond donors (Lipinski definition) is 1. The van der Waals surface area contributed by atoms with Gasteiger partial charge in [-0.3, -0.25) is 4.99 Å². The Balaban J connectivity index is 2.00. The van der Waals surface area contributed by atoms with E-state index in [0.29, 0.717) is 6.04 Å². The molecule has 68 valence electrons. The first-order valence-electron chi connectivity index (χ1n) is 4.28. The van der Waals surface area contributed by atoms with Crippen molar-refractivity contribution in [2.45, 2.75) is 12.5 Å². The van der Waals surface area contributed by atoms with E-state index in [0.717, 1.165) is 16.5 Å². The fourth-order valence-corrected chi connectivity index (χ4v) is 2.54. The molecule has 0 bridgehead atoms. The van der Waals surface area contributed by atoms with E-state index in [9.17, 15) is 0 Å². The Bertz CT molecular complexity index is 308. The lowest BCUT2D eigenvalue weighted by Crippen LogP contribution is -2.07. The lowest BCUT2D eigenvalue weighted by Gasteiger charge is -2.04. The number of nitrogens with zero attached hydrogens (tertiary/aromatic N) is 1. The number of aliphatic imine (C=N–C) groups is 1. The molecular formula is C10H11NS2. The number of thioether (sulfide) groups is 1. The van der Waals surface area contributed by atoms with Gasteiger partial charge in [0.2, 0.25) is 0 Å². The number of benzene rings is 1. The van der Waals surface area contributed by atoms with Crippen molar-refractivity contribution in [1.29, 1.82) is 0 Å². The summed E-state index contributed by atoms with van der Waals surface area (Å²) in [4.78, 5) is 4.43. The van der Waals surface area contributed by atoms with Crippen LogP contribution in [0.2, 0.25) is 0 Å². The second kappa shape index (κ2) is 4.20. The molecule has 0 fully saturated rings. The monoisotopic (exact) mass is 209 g/mol. The van der Waals surface area contributed by atoms with Gasteiger partial charge in [0.25, 0.3) is 0 Å². The maximum Gasteiger partial charge on any atom is 0.121 e. The maximum atomic E-state index is 4.43. The highest BCUT2D eigenvalue weighted by molar-refractivity contribution is 8.32. The van der Waals surface area contributed by atoms with Gasteiger partial charge in [-0.15, -0.1) is 12.6 Å². The van der Waals surface area contributed by atoms with Crippen LogP contribution in [0.15, 0.2) is 35.3 Å². The van der Waals surface area contributed by atoms with Crippen molar-refractivity contribution < 1.29 is 0 Å². The topological polar surface area (TPSA) is 12.4 Å². The van der Waals surface area contributed by atoms with Gasteiger partial charge < -0.3 is 0 Å². The quantitative estimate of drug-likeness (QED) is 0.739. The lowest BCUT2D eigenvalue weighted by molar-refractivity contribution is 0.764. The summed E-state index contributed by atoms with van der Waals surface area (Å²) < 4.78 is 0.931. The van der Waals surface area contributed by atoms with Crippen LogP contribution in [-0.4, -0.2) is 16.2 Å². The minimum absolute atomic E-state index is 0.430. The van der Waals surface area contributed by atoms with E-state index in [2.05, 4.69) is 41.9 Å². The summed E-state index contributed by atoms with van der Waals surface area (Å²) in [5.74, 6) is 1.08. The molecule has 1 aromatic rings. The Kier molecular flexibility index (Phi) is 2.96. The highest BCUT2D eigenvalue weighted by Gasteiger charge is 2.15. The third-order valence-electron chi connectivity index (χ3n) is 2.01. The summed E-state index contributed by atoms with van der Waals surface area (Å²) in [6.07, 6.45) is 1.04. The molecule has 1 aromatic carbocycles. The Morgan fingerprint density at radius 1 is 1.38 bits per heavy atom. The van der Waals surface area contributed by atoms with E-state index >= 15 is 0 Å². The van der Waals surface area contributed by atoms with Gasteiger partial charge in [0.1, 0.15) is 4.38 Å². The highest BCUT2D eigenvalue weighted by atomic mass is 32.2. The first kappa shape index (κ1) is 9.16. The maximum absolute atomic E-state index is 4.43. The van der Waals surface area contributed by atoms with E-state index in [1.54, 1.807) is 11.8 Å². The summed E-state index contributed by atoms with van der Waals surface area (Å²) in [7, 11) is 0. The molecule has 0 saturated heterocycles. The van der Waals surface area contributed by atoms with E-state index in [4.69, 9.17) is 0 Å². The lowest BCUT2D eigenvalue weighted by atomic mass is 10.1. The Hall–Kier alpha value is -0.410. The molecule has 0 aliphatic carbocycles. The Morgan fingerprint density at radius 3 is 2.77 bits per heavy atom. The van der Waals surface area contributed by atoms with Crippen LogP contribution in [0.4, 0.5) is 0 Å². The Labute approximate surface area is 88.1 Å². The Morgan fingerprint density at radius 2 is 2.15 bits per heavy atom. The molecule has 1 nitrogen and oxygen atoms in total. The predicted molar refractivity (Wildman–Crippen MR) is 62.8 cm³/mol. The van der Waals surface area contributed by atoms with E-state index in [-0.39, 0.29) is 0 Å². The van der Waals surface area contributed by atoms with Gasteiger partial charge in [-0.25, -0.2) is 0 Å². The summed E-state index contributed by atoms with van der Waals surface area (Å²) in [5, 5.41) is 0. The third-order valence-corrected chi connectivity index (χ3v) is 3.43. The zero-order valence-corrected chi connectivity index (χ0v) is 8.89. The molecule has 13 heavy (non-hydrogen) atoms. The van der Waals surface area contributed by atoms with Gasteiger partial charge in [0.15, 0.2) is 0 Å². The average molecular weight is 209 g/mol. The second-order valence-electron chi connectivity index (χ2n) is 3.07. The fourth-order valence-electron chi connectivity index (χ4n) is 1.39. The summed E-state index contributed by atoms with van der Waals surface area (Å²) in [6, 6.07) is 10.9. The van der Waals surface area contributed by atoms with Gasteiger partial charge in [0.05, 0.1) is 6.04 Å². The highest BCUT2D eigenvalue weighted by Crippen LogP contribution is 2.22. The SMILES string of the molecule is SC1=NC(Cc2ccccc2)CS1. The molecule has 1 atom stereocenters. The van der Waals surface area contributed by atoms with Crippen LogP contribution < -0.4 is 0 Å². The van der Waals surface area contributed by atoms with Gasteiger partial charge in [-0.2, -0.15) is 0 Å². The smallest absolute Gasteiger partial charge is 0.121 e. The van der Waals surface area contributed by atoms with Crippen LogP contribution in [-0.2, 0) is 6.42 Å². The standard InChI is InChI=1S/C10H11NS2/c12-10-11-9(7-13-10)6-8-4-2-1-3-5-8/h1-5,9H,6-7H2,(H,11,12). The molecule has 0 amide bonds. The molecule has 0 N–H and O–H groups in total. The van der Waals surface area contributed by atoms with Crippen LogP contribution in [0.1, 0.15) is 5.56 Å². The first-order chi connectivity index (χ1) is 6.34. The zero-order valence-electron chi connectivity index (χ0n) is 7.18. The molecule has 1 unspecified atom stereocenters. The summed E-state index contributed by atoms with van der Waals surface area (Å²) in [6.45, 7) is 0. The van der Waals surface area contributed by atoms with Gasteiger partial charge in [-0.1, -0.05) is 42.1 Å². The molecular weight excluding hydrogens is 198 g/mol. The van der Waals surface area contributed by atoms with Crippen LogP contribution in [0, 0.1) is 0 Å². The van der Waals surface area contributed by atoms with Gasteiger partial charge in [-0.05, 0) is 12.0 Å². The van der Waals surface area contributed by atoms with Crippen molar-refractivity contribution >= 4 is 28.8 Å². The van der Waals surface area contributed by atoms with Crippen molar-refractivity contribution in [3.63, 3.8) is 0 Å². The second-order valence-corrected chi connectivity index (χ2v) is 4.80. The minimum Gasteiger partial charge on any atom is -0.267 e. The van der Waals surface area contributed by atoms with E-state index in [1.165, 1.54) is 5.56 Å². The molecule has 0 aromatic heterocycles. The molecule has 1 heterocycles. The normalized spacial score (nSPS) is 21.6. The minimum atomic E-state index is 0.430. The van der Waals surface area contributed by atoms with Crippen LogP contribution in [0.3, 0.4) is 0 Å². The predicted octanol–water partition coefficient (Wildman–Crippen LogP) is 2.63. The molecule has 0 saturated carbocycles. The molecule has 3 heteroatoms. The largest absolute Gasteiger partial charge is 0.267 e. The summed E-state index contributed by atoms with van der Waals surface area (Å²) in [5.41, 5.74) is 1.36. The molecule has 0 spiro atoms. The zero-order chi connectivity index (χ0) is 9.10. The van der Waals surface area contributed by atoms with Crippen LogP contribution in [0.5, 0.6) is 0 Å². The number of rotatable bonds is 2. The third kappa shape index (κ3) is 2.51. The van der Waals surface area contributed by atoms with Crippen molar-refractivity contribution in [3.8, 4) is 0 Å². The molecule has 2 rings (SSSR count). The van der Waals surface area contributed by atoms with Crippen molar-refractivity contribution in [2.24, 2.45) is 4.99 Å². The van der Waals surface area contributed by atoms with Crippen molar-refractivity contribution in [3.05, 3.63) is 35.9 Å². The number of hydrogen-bond acceptors (Lipinski definition) is 2. The first-order valence-corrected chi connectivity index (χ1v) is 5.71. The van der Waals surface area contributed by atoms with Gasteiger partial charge in [0, 0.05) is 5.75 Å². The average Bonchev–Trinajstić information content (AvgIpc) is 2.53. The molecule has 1 aliphatic heterocycles. The van der Waals surface area contributed by atoms with Crippen molar-refractivity contribution in [1.82, 2.24) is 0 Å². The van der Waals surface area contributed by atoms with Crippen molar-refractivity contribution in [2.75, 3.05) is 5.75 Å². The molecule has 0 radical (unpaired) electrons. The fraction of sp³-hybridized carbons (Fsp3) is 0.300. The number of thiol groups is 1. The van der Waals surface area contributed by atoms with Gasteiger partial charge >= 0.3 is 0 Å². The molecule has 1 aliphatic rings. The summed E-state index contributed by atoms with van der Waals surface area (Å²) >= 11 is 5.97. The van der Waals surface area contributed by atoms with Crippen LogP contribution >= 0.6 is 24.4 Å². The van der Waals surface area contributed by atoms with E-state index in [1.807, 2.05) is 6.07 Å².